The number of aryl methyl sites for hydroxylation is 1. The fourth-order valence-electron chi connectivity index (χ4n) is 3.40. The van der Waals surface area contributed by atoms with Gasteiger partial charge in [0.15, 0.2) is 5.13 Å². The van der Waals surface area contributed by atoms with E-state index in [2.05, 4.69) is 20.5 Å². The molecule has 2 heterocycles. The molecule has 0 radical (unpaired) electrons. The van der Waals surface area contributed by atoms with Crippen molar-refractivity contribution in [1.29, 1.82) is 0 Å². The summed E-state index contributed by atoms with van der Waals surface area (Å²) in [7, 11) is 0. The molecule has 2 aromatic carbocycles. The van der Waals surface area contributed by atoms with E-state index in [4.69, 9.17) is 11.6 Å². The minimum atomic E-state index is -0.451. The maximum Gasteiger partial charge on any atom is 0.325 e. The van der Waals surface area contributed by atoms with Crippen LogP contribution in [0.3, 0.4) is 0 Å². The number of benzene rings is 2. The maximum absolute atomic E-state index is 13.1. The summed E-state index contributed by atoms with van der Waals surface area (Å²) >= 11 is 7.00. The third kappa shape index (κ3) is 5.17. The molecule has 3 amide bonds. The molecule has 3 aromatic rings. The van der Waals surface area contributed by atoms with E-state index in [-0.39, 0.29) is 11.7 Å². The smallest absolute Gasteiger partial charge is 0.325 e. The third-order valence-electron chi connectivity index (χ3n) is 5.07. The molecule has 0 bridgehead atoms. The predicted octanol–water partition coefficient (Wildman–Crippen LogP) is 4.85. The molecule has 0 spiro atoms. The fraction of sp³-hybridized carbons (Fsp3) is 0.227. The zero-order valence-corrected chi connectivity index (χ0v) is 18.8. The van der Waals surface area contributed by atoms with Crippen LogP contribution >= 0.6 is 22.9 Å². The van der Waals surface area contributed by atoms with Crippen LogP contribution in [0.5, 0.6) is 0 Å². The van der Waals surface area contributed by atoms with E-state index < -0.39 is 6.03 Å². The number of aromatic nitrogens is 1. The number of nitrogens with one attached hydrogen (secondary N) is 2. The van der Waals surface area contributed by atoms with Gasteiger partial charge >= 0.3 is 6.03 Å². The second-order valence-corrected chi connectivity index (χ2v) is 8.71. The van der Waals surface area contributed by atoms with Crippen LogP contribution in [-0.2, 0) is 0 Å². The molecule has 0 saturated carbocycles. The number of anilines is 3. The molecule has 0 aliphatic carbocycles. The first-order valence-corrected chi connectivity index (χ1v) is 11.2. The summed E-state index contributed by atoms with van der Waals surface area (Å²) in [6, 6.07) is 12.6. The number of carbonyl (C=O) groups excluding carboxylic acids is 2. The Morgan fingerprint density at radius 1 is 1.00 bits per heavy atom. The second-order valence-electron chi connectivity index (χ2n) is 7.28. The number of halogens is 2. The highest BCUT2D eigenvalue weighted by molar-refractivity contribution is 7.17. The SMILES string of the molecule is Cc1nc(NC(=O)Nc2ccc(Cl)cc2)sc1C(=O)N1CCN(c2ccc(F)cc2)CC1. The van der Waals surface area contributed by atoms with Crippen LogP contribution in [0.1, 0.15) is 15.4 Å². The monoisotopic (exact) mass is 473 g/mol. The van der Waals surface area contributed by atoms with Gasteiger partial charge in [-0.1, -0.05) is 22.9 Å². The van der Waals surface area contributed by atoms with Gasteiger partial charge in [0.25, 0.3) is 5.91 Å². The Kier molecular flexibility index (Phi) is 6.57. The highest BCUT2D eigenvalue weighted by Gasteiger charge is 2.26. The van der Waals surface area contributed by atoms with Crippen molar-refractivity contribution in [2.24, 2.45) is 0 Å². The molecule has 1 aliphatic rings. The van der Waals surface area contributed by atoms with Crippen molar-refractivity contribution in [2.45, 2.75) is 6.92 Å². The first-order chi connectivity index (χ1) is 15.4. The highest BCUT2D eigenvalue weighted by atomic mass is 35.5. The van der Waals surface area contributed by atoms with Crippen LogP contribution in [0.15, 0.2) is 48.5 Å². The Hall–Kier alpha value is -3.17. The van der Waals surface area contributed by atoms with Gasteiger partial charge in [-0.3, -0.25) is 10.1 Å². The molecule has 2 N–H and O–H groups in total. The minimum Gasteiger partial charge on any atom is -0.368 e. The number of nitrogens with zero attached hydrogens (tertiary/aromatic N) is 3. The molecule has 0 atom stereocenters. The van der Waals surface area contributed by atoms with E-state index in [1.807, 2.05) is 0 Å². The van der Waals surface area contributed by atoms with Gasteiger partial charge in [0.05, 0.1) is 5.69 Å². The average molecular weight is 474 g/mol. The Morgan fingerprint density at radius 2 is 1.66 bits per heavy atom. The molecule has 1 aromatic heterocycles. The van der Waals surface area contributed by atoms with Crippen LogP contribution in [-0.4, -0.2) is 48.0 Å². The van der Waals surface area contributed by atoms with E-state index in [0.29, 0.717) is 52.6 Å². The molecule has 1 aliphatic heterocycles. The van der Waals surface area contributed by atoms with Gasteiger partial charge in [0.2, 0.25) is 0 Å². The van der Waals surface area contributed by atoms with Crippen molar-refractivity contribution in [2.75, 3.05) is 41.7 Å². The topological polar surface area (TPSA) is 77.6 Å². The second kappa shape index (κ2) is 9.54. The summed E-state index contributed by atoms with van der Waals surface area (Å²) in [6.45, 7) is 4.16. The third-order valence-corrected chi connectivity index (χ3v) is 6.38. The van der Waals surface area contributed by atoms with Crippen molar-refractivity contribution in [3.8, 4) is 0 Å². The first kappa shape index (κ1) is 22.0. The van der Waals surface area contributed by atoms with Gasteiger partial charge in [-0.2, -0.15) is 0 Å². The standard InChI is InChI=1S/C22H21ClFN5O2S/c1-14-19(32-22(25-14)27-21(31)26-17-6-2-15(23)3-7-17)20(30)29-12-10-28(11-13-29)18-8-4-16(24)5-9-18/h2-9H,10-13H2,1H3,(H2,25,26,27,31). The maximum atomic E-state index is 13.1. The lowest BCUT2D eigenvalue weighted by atomic mass is 10.2. The van der Waals surface area contributed by atoms with E-state index in [1.165, 1.54) is 12.1 Å². The lowest BCUT2D eigenvalue weighted by Gasteiger charge is -2.36. The Morgan fingerprint density at radius 3 is 2.31 bits per heavy atom. The summed E-state index contributed by atoms with van der Waals surface area (Å²) in [6.07, 6.45) is 0. The number of carbonyl (C=O) groups is 2. The Bertz CT molecular complexity index is 1110. The molecular formula is C22H21ClFN5O2S. The molecule has 1 saturated heterocycles. The zero-order chi connectivity index (χ0) is 22.7. The summed E-state index contributed by atoms with van der Waals surface area (Å²) < 4.78 is 13.1. The molecule has 32 heavy (non-hydrogen) atoms. The average Bonchev–Trinajstić information content (AvgIpc) is 3.15. The highest BCUT2D eigenvalue weighted by Crippen LogP contribution is 2.26. The number of thiazole rings is 1. The van der Waals surface area contributed by atoms with Crippen LogP contribution in [0, 0.1) is 12.7 Å². The van der Waals surface area contributed by atoms with Gasteiger partial charge in [-0.05, 0) is 55.5 Å². The first-order valence-electron chi connectivity index (χ1n) is 10.00. The van der Waals surface area contributed by atoms with Crippen molar-refractivity contribution >= 4 is 51.4 Å². The number of hydrogen-bond donors (Lipinski definition) is 2. The molecular weight excluding hydrogens is 453 g/mol. The van der Waals surface area contributed by atoms with E-state index in [1.54, 1.807) is 48.2 Å². The zero-order valence-electron chi connectivity index (χ0n) is 17.3. The summed E-state index contributed by atoms with van der Waals surface area (Å²) in [4.78, 5) is 34.0. The normalized spacial score (nSPS) is 13.7. The minimum absolute atomic E-state index is 0.107. The summed E-state index contributed by atoms with van der Waals surface area (Å²) in [5, 5.41) is 6.29. The molecule has 4 rings (SSSR count). The van der Waals surface area contributed by atoms with Gasteiger partial charge in [-0.25, -0.2) is 14.2 Å². The van der Waals surface area contributed by atoms with E-state index in [0.717, 1.165) is 17.0 Å². The van der Waals surface area contributed by atoms with Gasteiger partial charge in [0, 0.05) is 42.6 Å². The van der Waals surface area contributed by atoms with Crippen molar-refractivity contribution in [3.05, 3.63) is 69.9 Å². The summed E-state index contributed by atoms with van der Waals surface area (Å²) in [5.41, 5.74) is 2.10. The Balaban J connectivity index is 1.35. The van der Waals surface area contributed by atoms with Crippen molar-refractivity contribution in [1.82, 2.24) is 9.88 Å². The molecule has 0 unspecified atom stereocenters. The van der Waals surface area contributed by atoms with Gasteiger partial charge < -0.3 is 15.1 Å². The van der Waals surface area contributed by atoms with Gasteiger partial charge in [-0.15, -0.1) is 0 Å². The lowest BCUT2D eigenvalue weighted by molar-refractivity contribution is 0.0750. The van der Waals surface area contributed by atoms with E-state index in [9.17, 15) is 14.0 Å². The number of rotatable bonds is 4. The fourth-order valence-corrected chi connectivity index (χ4v) is 4.46. The number of amides is 3. The summed E-state index contributed by atoms with van der Waals surface area (Å²) in [5.74, 6) is -0.376. The van der Waals surface area contributed by atoms with Crippen LogP contribution < -0.4 is 15.5 Å². The molecule has 166 valence electrons. The lowest BCUT2D eigenvalue weighted by Crippen LogP contribution is -2.48. The Labute approximate surface area is 193 Å². The largest absolute Gasteiger partial charge is 0.368 e. The van der Waals surface area contributed by atoms with Crippen LogP contribution in [0.25, 0.3) is 0 Å². The van der Waals surface area contributed by atoms with Crippen LogP contribution in [0.2, 0.25) is 5.02 Å². The predicted molar refractivity (Wildman–Crippen MR) is 125 cm³/mol. The van der Waals surface area contributed by atoms with Crippen LogP contribution in [0.4, 0.5) is 25.7 Å². The van der Waals surface area contributed by atoms with Crippen molar-refractivity contribution < 1.29 is 14.0 Å². The number of urea groups is 1. The van der Waals surface area contributed by atoms with Crippen molar-refractivity contribution in [3.63, 3.8) is 0 Å². The quantitative estimate of drug-likeness (QED) is 0.567. The molecule has 7 nitrogen and oxygen atoms in total. The number of piperazine rings is 1. The molecule has 10 heteroatoms. The van der Waals surface area contributed by atoms with E-state index >= 15 is 0 Å². The van der Waals surface area contributed by atoms with Gasteiger partial charge in [0.1, 0.15) is 10.7 Å². The number of hydrogen-bond acceptors (Lipinski definition) is 5. The molecule has 1 fully saturated rings.